The van der Waals surface area contributed by atoms with Gasteiger partial charge in [0.2, 0.25) is 0 Å². The SMILES string of the molecule is CC[C@H]1c2ccccc2C([O+]=Cc2ccccc2)(c2ccccc2)c2ccccc2[C@@H]1CC.[O-][Cl+3]([O-])([O-])[O-]. The van der Waals surface area contributed by atoms with E-state index in [0.717, 1.165) is 24.0 Å². The van der Waals surface area contributed by atoms with E-state index in [1.165, 1.54) is 22.3 Å². The highest BCUT2D eigenvalue weighted by atomic mass is 35.7. The lowest BCUT2D eigenvalue weighted by molar-refractivity contribution is -2.00. The summed E-state index contributed by atoms with van der Waals surface area (Å²) in [6, 6.07) is 38.9. The number of carbonyl (C=O) groups excluding carboxylic acids is 1. The Labute approximate surface area is 226 Å². The molecule has 5 nitrogen and oxygen atoms in total. The summed E-state index contributed by atoms with van der Waals surface area (Å²) in [7, 11) is -4.94. The molecule has 5 rings (SSSR count). The lowest BCUT2D eigenvalue weighted by atomic mass is 9.77. The summed E-state index contributed by atoms with van der Waals surface area (Å²) in [6.45, 7) is 4.64. The number of halogens is 1. The van der Waals surface area contributed by atoms with E-state index < -0.39 is 15.8 Å². The van der Waals surface area contributed by atoms with E-state index in [1.54, 1.807) is 0 Å². The molecule has 0 radical (unpaired) electrons. The average molecular weight is 531 g/mol. The van der Waals surface area contributed by atoms with Crippen LogP contribution in [0.5, 0.6) is 0 Å². The number of fused-ring (bicyclic) bond motifs is 2. The van der Waals surface area contributed by atoms with E-state index in [0.29, 0.717) is 11.8 Å². The molecule has 0 amide bonds. The number of rotatable bonds is 5. The summed E-state index contributed by atoms with van der Waals surface area (Å²) in [5.74, 6) is 0.886. The molecule has 6 heteroatoms. The molecule has 2 atom stereocenters. The third-order valence-electron chi connectivity index (χ3n) is 7.20. The molecule has 1 aliphatic rings. The van der Waals surface area contributed by atoms with Crippen molar-refractivity contribution in [2.45, 2.75) is 44.1 Å². The van der Waals surface area contributed by atoms with Crippen LogP contribution in [0.4, 0.5) is 0 Å². The van der Waals surface area contributed by atoms with Crippen molar-refractivity contribution in [1.82, 2.24) is 0 Å². The Kier molecular flexibility index (Phi) is 8.77. The number of aldehydes is 1. The zero-order chi connectivity index (χ0) is 27.2. The summed E-state index contributed by atoms with van der Waals surface area (Å²) in [5.41, 5.74) is 6.79. The van der Waals surface area contributed by atoms with Gasteiger partial charge in [-0.15, -0.1) is 10.2 Å². The van der Waals surface area contributed by atoms with Crippen molar-refractivity contribution >= 4 is 6.29 Å². The Balaban J connectivity index is 0.000000617. The van der Waals surface area contributed by atoms with Gasteiger partial charge in [-0.1, -0.05) is 86.6 Å². The van der Waals surface area contributed by atoms with Gasteiger partial charge in [-0.3, -0.25) is 0 Å². The summed E-state index contributed by atoms with van der Waals surface area (Å²) in [5, 5.41) is 0. The van der Waals surface area contributed by atoms with Crippen LogP contribution in [0.2, 0.25) is 0 Å². The normalized spacial score (nSPS) is 18.1. The molecular formula is C32H31ClO5. The summed E-state index contributed by atoms with van der Waals surface area (Å²) in [6.07, 6.45) is 4.13. The lowest BCUT2D eigenvalue weighted by Crippen LogP contribution is -2.68. The Morgan fingerprint density at radius 2 is 1.03 bits per heavy atom. The first kappa shape index (κ1) is 27.7. The van der Waals surface area contributed by atoms with Crippen LogP contribution in [-0.2, 0) is 5.60 Å². The maximum Gasteiger partial charge on any atom is 0.357 e. The fraction of sp³-hybridized carbons (Fsp3) is 0.219. The van der Waals surface area contributed by atoms with Gasteiger partial charge in [0.05, 0.1) is 22.3 Å². The first-order chi connectivity index (χ1) is 18.3. The number of hydrogen-bond acceptors (Lipinski definition) is 4. The molecular weight excluding hydrogens is 500 g/mol. The van der Waals surface area contributed by atoms with E-state index in [9.17, 15) is 0 Å². The van der Waals surface area contributed by atoms with Gasteiger partial charge in [0.15, 0.2) is 0 Å². The van der Waals surface area contributed by atoms with E-state index in [2.05, 4.69) is 117 Å². The molecule has 4 aromatic carbocycles. The molecule has 196 valence electrons. The predicted octanol–water partition coefficient (Wildman–Crippen LogP) is 3.27. The molecule has 0 bridgehead atoms. The third kappa shape index (κ3) is 5.88. The Hall–Kier alpha value is -3.32. The first-order valence-corrected chi connectivity index (χ1v) is 13.9. The molecule has 0 fully saturated rings. The van der Waals surface area contributed by atoms with Gasteiger partial charge in [0, 0.05) is 0 Å². The smallest absolute Gasteiger partial charge is 0.242 e. The zero-order valence-corrected chi connectivity index (χ0v) is 22.2. The van der Waals surface area contributed by atoms with Crippen molar-refractivity contribution in [3.05, 3.63) is 143 Å². The molecule has 0 N–H and O–H groups in total. The molecule has 1 aliphatic carbocycles. The predicted molar refractivity (Wildman–Crippen MR) is 137 cm³/mol. The van der Waals surface area contributed by atoms with E-state index in [-0.39, 0.29) is 0 Å². The molecule has 0 aliphatic heterocycles. The van der Waals surface area contributed by atoms with Crippen molar-refractivity contribution in [2.75, 3.05) is 0 Å². The van der Waals surface area contributed by atoms with Crippen molar-refractivity contribution in [2.24, 2.45) is 0 Å². The van der Waals surface area contributed by atoms with Crippen LogP contribution in [-0.4, -0.2) is 6.29 Å². The van der Waals surface area contributed by atoms with Gasteiger partial charge < -0.3 is 0 Å². The van der Waals surface area contributed by atoms with E-state index in [4.69, 9.17) is 23.1 Å². The van der Waals surface area contributed by atoms with Crippen molar-refractivity contribution in [1.29, 1.82) is 0 Å². The number of hydrogen-bond donors (Lipinski definition) is 0. The highest BCUT2D eigenvalue weighted by Crippen LogP contribution is 2.53. The maximum atomic E-state index is 8.49. The second-order valence-corrected chi connectivity index (χ2v) is 10.0. The molecule has 0 spiro atoms. The van der Waals surface area contributed by atoms with Gasteiger partial charge in [0.1, 0.15) is 0 Å². The molecule has 0 heterocycles. The van der Waals surface area contributed by atoms with Crippen molar-refractivity contribution in [3.63, 3.8) is 0 Å². The molecule has 38 heavy (non-hydrogen) atoms. The van der Waals surface area contributed by atoms with E-state index >= 15 is 0 Å². The van der Waals surface area contributed by atoms with Crippen LogP contribution in [0.25, 0.3) is 0 Å². The van der Waals surface area contributed by atoms with Gasteiger partial charge in [-0.2, -0.15) is 0 Å². The Morgan fingerprint density at radius 1 is 0.632 bits per heavy atom. The number of benzene rings is 4. The molecule has 0 saturated heterocycles. The van der Waals surface area contributed by atoms with Gasteiger partial charge in [-0.05, 0) is 72.2 Å². The summed E-state index contributed by atoms with van der Waals surface area (Å²) in [4.78, 5) is 0. The maximum absolute atomic E-state index is 8.49. The van der Waals surface area contributed by atoms with Gasteiger partial charge >= 0.3 is 11.9 Å². The summed E-state index contributed by atoms with van der Waals surface area (Å²) < 4.78 is 41.0. The Bertz CT molecular complexity index is 1290. The quantitative estimate of drug-likeness (QED) is 0.292. The molecule has 0 aromatic heterocycles. The average Bonchev–Trinajstić information content (AvgIpc) is 3.03. The standard InChI is InChI=1S/C32H31O.ClHO4/c1-3-26-27(4-2)29-20-12-14-22-31(29)32(25-17-9-6-10-18-25,30-21-13-11-19-28(26)30)33-23-24-15-7-5-8-16-24;2-1(3,4)5/h5-23,26-27H,3-4H2,1-2H3;(H,2,3,4,5)/q+1;/p-1/t26-,27-;/m1./s1. The second kappa shape index (κ2) is 12.0. The largest absolute Gasteiger partial charge is 0.357 e. The first-order valence-electron chi connectivity index (χ1n) is 12.7. The minimum Gasteiger partial charge on any atom is -0.242 e. The fourth-order valence-electron chi connectivity index (χ4n) is 5.74. The highest BCUT2D eigenvalue weighted by Gasteiger charge is 2.53. The van der Waals surface area contributed by atoms with Crippen LogP contribution >= 0.6 is 0 Å². The van der Waals surface area contributed by atoms with Gasteiger partial charge in [0.25, 0.3) is 0 Å². The van der Waals surface area contributed by atoms with Gasteiger partial charge in [-0.25, -0.2) is 23.1 Å². The minimum absolute atomic E-state index is 0.443. The zero-order valence-electron chi connectivity index (χ0n) is 21.5. The van der Waals surface area contributed by atoms with Crippen LogP contribution < -0.4 is 18.6 Å². The highest BCUT2D eigenvalue weighted by molar-refractivity contribution is 5.75. The van der Waals surface area contributed by atoms with Crippen molar-refractivity contribution < 1.29 is 33.3 Å². The van der Waals surface area contributed by atoms with E-state index in [1.807, 2.05) is 12.4 Å². The second-order valence-electron chi connectivity index (χ2n) is 9.28. The third-order valence-corrected chi connectivity index (χ3v) is 7.20. The van der Waals surface area contributed by atoms with Crippen LogP contribution in [0, 0.1) is 10.2 Å². The monoisotopic (exact) mass is 530 g/mol. The summed E-state index contributed by atoms with van der Waals surface area (Å²) >= 11 is 0. The topological polar surface area (TPSA) is 104 Å². The Morgan fingerprint density at radius 3 is 1.47 bits per heavy atom. The fourth-order valence-corrected chi connectivity index (χ4v) is 5.74. The van der Waals surface area contributed by atoms with Crippen molar-refractivity contribution in [3.8, 4) is 0 Å². The molecule has 0 saturated carbocycles. The minimum atomic E-state index is -4.94. The van der Waals surface area contributed by atoms with Crippen LogP contribution in [0.1, 0.15) is 76.3 Å². The molecule has 0 unspecified atom stereocenters. The van der Waals surface area contributed by atoms with Crippen LogP contribution in [0.15, 0.2) is 109 Å². The van der Waals surface area contributed by atoms with Crippen LogP contribution in [0.3, 0.4) is 0 Å². The molecule has 4 aromatic rings. The lowest BCUT2D eigenvalue weighted by Gasteiger charge is -2.25.